The molecule has 34 valence electrons. The van der Waals surface area contributed by atoms with Crippen molar-refractivity contribution in [2.45, 2.75) is 0 Å². The summed E-state index contributed by atoms with van der Waals surface area (Å²) >= 11 is 0. The lowest BCUT2D eigenvalue weighted by atomic mass is 11.2. The van der Waals surface area contributed by atoms with Gasteiger partial charge in [0.1, 0.15) is 0 Å². The molecule has 6 heavy (non-hydrogen) atoms. The van der Waals surface area contributed by atoms with Gasteiger partial charge in [-0.1, -0.05) is 0 Å². The Morgan fingerprint density at radius 1 is 2.00 bits per heavy atom. The largest absolute Gasteiger partial charge is 0.317 e. The van der Waals surface area contributed by atoms with Crippen LogP contribution in [-0.4, -0.2) is 10.7 Å². The molecule has 0 aromatic carbocycles. The van der Waals surface area contributed by atoms with E-state index in [-0.39, 0.29) is 5.24 Å². The molecule has 1 aliphatic heterocycles. The predicted octanol–water partition coefficient (Wildman–Crippen LogP) is 0.583. The smallest absolute Gasteiger partial charge is 0.293 e. The maximum Gasteiger partial charge on any atom is 0.293 e. The highest BCUT2D eigenvalue weighted by Crippen LogP contribution is 2.15. The van der Waals surface area contributed by atoms with Gasteiger partial charge in [-0.3, -0.25) is 4.79 Å². The Bertz CT molecular complexity index is 89.7. The van der Waals surface area contributed by atoms with Gasteiger partial charge >= 0.3 is 0 Å². The summed E-state index contributed by atoms with van der Waals surface area (Å²) in [6, 6.07) is 0. The number of thiol groups is 1. The van der Waals surface area contributed by atoms with E-state index in [0.29, 0.717) is 0 Å². The van der Waals surface area contributed by atoms with Crippen molar-refractivity contribution in [2.24, 2.45) is 0 Å². The van der Waals surface area contributed by atoms with Crippen LogP contribution in [0.2, 0.25) is 0 Å². The van der Waals surface area contributed by atoms with E-state index in [1.165, 1.54) is 10.8 Å². The molecule has 2 nitrogen and oxygen atoms in total. The minimum absolute atomic E-state index is 0.0525. The summed E-state index contributed by atoms with van der Waals surface area (Å²) in [6.45, 7) is 0. The van der Waals surface area contributed by atoms with Crippen LogP contribution in [0.3, 0.4) is 0 Å². The number of amides is 1. The van der Waals surface area contributed by atoms with Crippen LogP contribution < -0.4 is 5.32 Å². The van der Waals surface area contributed by atoms with Crippen molar-refractivity contribution in [1.29, 1.82) is 0 Å². The van der Waals surface area contributed by atoms with Crippen molar-refractivity contribution < 1.29 is 4.79 Å². The van der Waals surface area contributed by atoms with E-state index in [1.54, 1.807) is 5.49 Å². The van der Waals surface area contributed by atoms with Crippen LogP contribution in [0.15, 0.2) is 0 Å². The minimum Gasteiger partial charge on any atom is -0.317 e. The summed E-state index contributed by atoms with van der Waals surface area (Å²) in [5.74, 6) is 0. The monoisotopic (exact) mass is 121 g/mol. The number of hydrogen-bond acceptors (Lipinski definition) is 2. The lowest BCUT2D eigenvalue weighted by Gasteiger charge is -1.76. The number of carbonyl (C=O) groups excluding carboxylic acids is 1. The first-order chi connectivity index (χ1) is 2.89. The highest BCUT2D eigenvalue weighted by atomic mass is 33.1. The Hall–Kier alpha value is 0.0400. The second-order valence-electron chi connectivity index (χ2n) is 0.758. The SMILES string of the molecule is O=C1NC=[SH]S1. The quantitative estimate of drug-likeness (QED) is 0.279. The number of carbonyl (C=O) groups is 1. The summed E-state index contributed by atoms with van der Waals surface area (Å²) in [5.41, 5.74) is 1.72. The van der Waals surface area contributed by atoms with Gasteiger partial charge < -0.3 is 5.32 Å². The lowest BCUT2D eigenvalue weighted by Crippen LogP contribution is -2.08. The molecule has 0 radical (unpaired) electrons. The maximum atomic E-state index is 10.1. The molecule has 0 atom stereocenters. The molecule has 0 aromatic rings. The fourth-order valence-electron chi connectivity index (χ4n) is 0.180. The van der Waals surface area contributed by atoms with E-state index < -0.39 is 0 Å². The zero-order valence-corrected chi connectivity index (χ0v) is 4.55. The van der Waals surface area contributed by atoms with Crippen LogP contribution >= 0.6 is 21.2 Å². The highest BCUT2D eigenvalue weighted by molar-refractivity contribution is 8.81. The van der Waals surface area contributed by atoms with E-state index in [9.17, 15) is 4.79 Å². The van der Waals surface area contributed by atoms with Crippen molar-refractivity contribution in [3.8, 4) is 0 Å². The lowest BCUT2D eigenvalue weighted by molar-refractivity contribution is 0.265. The third-order valence-electron chi connectivity index (χ3n) is 0.371. The van der Waals surface area contributed by atoms with Crippen LogP contribution in [0, 0.1) is 0 Å². The number of rotatable bonds is 0. The van der Waals surface area contributed by atoms with Crippen LogP contribution in [-0.2, 0) is 0 Å². The molecular weight excluding hydrogens is 118 g/mol. The zero-order valence-electron chi connectivity index (χ0n) is 2.84. The number of nitrogens with one attached hydrogen (secondary N) is 1. The molecule has 1 amide bonds. The van der Waals surface area contributed by atoms with E-state index in [0.717, 1.165) is 10.4 Å². The average Bonchev–Trinajstić information content (AvgIpc) is 1.86. The normalized spacial score (nSPS) is 19.7. The van der Waals surface area contributed by atoms with E-state index >= 15 is 0 Å². The molecular formula is C2H3NOS2. The summed E-state index contributed by atoms with van der Waals surface area (Å²) in [5, 5.41) is 2.56. The Kier molecular flexibility index (Phi) is 1.16. The maximum absolute atomic E-state index is 10.1. The molecule has 1 N–H and O–H groups in total. The Labute approximate surface area is 42.7 Å². The molecule has 0 bridgehead atoms. The van der Waals surface area contributed by atoms with Crippen molar-refractivity contribution in [3.05, 3.63) is 0 Å². The molecule has 1 rings (SSSR count). The summed E-state index contributed by atoms with van der Waals surface area (Å²) in [7, 11) is 2.28. The Morgan fingerprint density at radius 3 is 3.00 bits per heavy atom. The van der Waals surface area contributed by atoms with Gasteiger partial charge in [-0.25, -0.2) is 0 Å². The highest BCUT2D eigenvalue weighted by Gasteiger charge is 1.98. The van der Waals surface area contributed by atoms with E-state index in [1.807, 2.05) is 0 Å². The number of hydrogen-bond donors (Lipinski definition) is 2. The summed E-state index contributed by atoms with van der Waals surface area (Å²) < 4.78 is 0. The molecule has 0 spiro atoms. The molecule has 0 saturated carbocycles. The van der Waals surface area contributed by atoms with Crippen molar-refractivity contribution in [3.63, 3.8) is 0 Å². The topological polar surface area (TPSA) is 29.1 Å². The second kappa shape index (κ2) is 1.66. The molecule has 0 saturated heterocycles. The first-order valence-corrected chi connectivity index (χ1v) is 3.77. The molecule has 0 aliphatic carbocycles. The zero-order chi connectivity index (χ0) is 4.41. The van der Waals surface area contributed by atoms with Gasteiger partial charge in [0.05, 0.1) is 0 Å². The van der Waals surface area contributed by atoms with Gasteiger partial charge in [0, 0.05) is 5.49 Å². The minimum atomic E-state index is 0.0525. The van der Waals surface area contributed by atoms with Gasteiger partial charge in [0.2, 0.25) is 0 Å². The Balaban J connectivity index is 2.52. The first-order valence-electron chi connectivity index (χ1n) is 1.39. The average molecular weight is 121 g/mol. The van der Waals surface area contributed by atoms with Crippen LogP contribution in [0.1, 0.15) is 0 Å². The standard InChI is InChI=1S/C2H3NOS2/c4-2-3-1-5-6-2/h1,5H,(H,3,4). The van der Waals surface area contributed by atoms with E-state index in [2.05, 4.69) is 5.32 Å². The molecule has 0 aromatic heterocycles. The predicted molar refractivity (Wildman–Crippen MR) is 31.2 cm³/mol. The van der Waals surface area contributed by atoms with Gasteiger partial charge in [-0.05, 0) is 10.8 Å². The van der Waals surface area contributed by atoms with Gasteiger partial charge in [-0.2, -0.15) is 0 Å². The third-order valence-corrected chi connectivity index (χ3v) is 2.12. The van der Waals surface area contributed by atoms with Crippen molar-refractivity contribution >= 4 is 31.9 Å². The molecule has 1 heterocycles. The van der Waals surface area contributed by atoms with Crippen LogP contribution in [0.5, 0.6) is 0 Å². The molecule has 0 fully saturated rings. The van der Waals surface area contributed by atoms with Gasteiger partial charge in [0.25, 0.3) is 5.24 Å². The first kappa shape index (κ1) is 4.21. The molecule has 1 aliphatic rings. The third kappa shape index (κ3) is 0.753. The summed E-state index contributed by atoms with van der Waals surface area (Å²) in [6.07, 6.45) is 0. The van der Waals surface area contributed by atoms with Crippen LogP contribution in [0.4, 0.5) is 4.79 Å². The fraction of sp³-hybridized carbons (Fsp3) is 0. The van der Waals surface area contributed by atoms with E-state index in [4.69, 9.17) is 0 Å². The van der Waals surface area contributed by atoms with Gasteiger partial charge in [0.15, 0.2) is 0 Å². The fourth-order valence-corrected chi connectivity index (χ4v) is 1.46. The summed E-state index contributed by atoms with van der Waals surface area (Å²) in [4.78, 5) is 10.1. The van der Waals surface area contributed by atoms with Crippen molar-refractivity contribution in [2.75, 3.05) is 0 Å². The van der Waals surface area contributed by atoms with Crippen molar-refractivity contribution in [1.82, 2.24) is 5.32 Å². The van der Waals surface area contributed by atoms with Crippen LogP contribution in [0.25, 0.3) is 0 Å². The van der Waals surface area contributed by atoms with Gasteiger partial charge in [-0.15, -0.1) is 10.4 Å². The molecule has 0 unspecified atom stereocenters. The Morgan fingerprint density at radius 2 is 2.83 bits per heavy atom. The molecule has 4 heteroatoms. The second-order valence-corrected chi connectivity index (χ2v) is 2.96.